The maximum absolute atomic E-state index is 12.7. The third-order valence-corrected chi connectivity index (χ3v) is 5.71. The third-order valence-electron chi connectivity index (χ3n) is 3.86. The molecule has 3 heterocycles. The lowest BCUT2D eigenvalue weighted by Gasteiger charge is -2.29. The van der Waals surface area contributed by atoms with Gasteiger partial charge in [0.25, 0.3) is 0 Å². The summed E-state index contributed by atoms with van der Waals surface area (Å²) in [5.74, 6) is -1.34. The Kier molecular flexibility index (Phi) is 3.62. The van der Waals surface area contributed by atoms with Gasteiger partial charge in [-0.2, -0.15) is 9.40 Å². The molecule has 0 aromatic carbocycles. The highest BCUT2D eigenvalue weighted by Gasteiger charge is 2.36. The van der Waals surface area contributed by atoms with Crippen molar-refractivity contribution in [1.82, 2.24) is 14.1 Å². The number of nitrogens with zero attached hydrogens (tertiary/aromatic N) is 3. The van der Waals surface area contributed by atoms with E-state index in [1.807, 2.05) is 0 Å². The number of aliphatic carboxylic acids is 1. The molecule has 0 unspecified atom stereocenters. The molecule has 3 rings (SSSR count). The average molecular weight is 315 g/mol. The van der Waals surface area contributed by atoms with Gasteiger partial charge in [0.2, 0.25) is 15.9 Å². The smallest absolute Gasteiger partial charge is 0.307 e. The lowest BCUT2D eigenvalue weighted by atomic mass is 10.0. The molecule has 1 aromatic rings. The largest absolute Gasteiger partial charge is 0.481 e. The number of piperidine rings is 1. The van der Waals surface area contributed by atoms with E-state index in [2.05, 4.69) is 5.10 Å². The predicted octanol–water partition coefficient (Wildman–Crippen LogP) is 0.151. The molecule has 0 radical (unpaired) electrons. The van der Waals surface area contributed by atoms with Crippen molar-refractivity contribution in [3.63, 3.8) is 0 Å². The number of aromatic nitrogens is 2. The second-order valence-corrected chi connectivity index (χ2v) is 7.19. The van der Waals surface area contributed by atoms with E-state index in [9.17, 15) is 13.2 Å². The number of rotatable bonds is 3. The fourth-order valence-electron chi connectivity index (χ4n) is 2.72. The first kappa shape index (κ1) is 14.3. The van der Waals surface area contributed by atoms with Crippen molar-refractivity contribution < 1.29 is 23.1 Å². The highest BCUT2D eigenvalue weighted by Crippen LogP contribution is 2.31. The summed E-state index contributed by atoms with van der Waals surface area (Å²) in [5.41, 5.74) is 0. The standard InChI is InChI=1S/C12H17N3O5S/c16-12(17)9-3-1-4-14(8-9)21(18,19)10-7-13-15-5-2-6-20-11(10)15/h7,9H,1-6,8H2,(H,16,17)/t9-/m1/s1. The SMILES string of the molecule is O=C(O)[C@@H]1CCCN(S(=O)(=O)c2cnn3c2OCCC3)C1. The molecule has 0 amide bonds. The van der Waals surface area contributed by atoms with Crippen molar-refractivity contribution in [2.45, 2.75) is 30.7 Å². The van der Waals surface area contributed by atoms with Crippen molar-refractivity contribution in [2.75, 3.05) is 19.7 Å². The zero-order valence-electron chi connectivity index (χ0n) is 11.4. The van der Waals surface area contributed by atoms with Gasteiger partial charge < -0.3 is 9.84 Å². The van der Waals surface area contributed by atoms with E-state index in [1.165, 1.54) is 15.2 Å². The minimum absolute atomic E-state index is 0.00227. The maximum atomic E-state index is 12.7. The molecule has 0 saturated carbocycles. The Balaban J connectivity index is 1.90. The van der Waals surface area contributed by atoms with Crippen LogP contribution in [0.2, 0.25) is 0 Å². The molecule has 1 N–H and O–H groups in total. The molecule has 9 heteroatoms. The quantitative estimate of drug-likeness (QED) is 0.852. The number of aryl methyl sites for hydroxylation is 1. The number of carboxylic acids is 1. The Bertz CT molecular complexity index is 654. The zero-order chi connectivity index (χ0) is 15.0. The fourth-order valence-corrected chi connectivity index (χ4v) is 4.31. The van der Waals surface area contributed by atoms with Gasteiger partial charge in [-0.1, -0.05) is 0 Å². The first-order chi connectivity index (χ1) is 10.00. The van der Waals surface area contributed by atoms with E-state index in [1.54, 1.807) is 0 Å². The van der Waals surface area contributed by atoms with Crippen molar-refractivity contribution >= 4 is 16.0 Å². The zero-order valence-corrected chi connectivity index (χ0v) is 12.3. The number of fused-ring (bicyclic) bond motifs is 1. The van der Waals surface area contributed by atoms with E-state index in [0.29, 0.717) is 32.5 Å². The van der Waals surface area contributed by atoms with Crippen LogP contribution in [0.15, 0.2) is 11.1 Å². The van der Waals surface area contributed by atoms with Crippen LogP contribution in [0, 0.1) is 5.92 Å². The van der Waals surface area contributed by atoms with Crippen LogP contribution in [0.1, 0.15) is 19.3 Å². The Labute approximate surface area is 122 Å². The molecule has 8 nitrogen and oxygen atoms in total. The number of ether oxygens (including phenoxy) is 1. The summed E-state index contributed by atoms with van der Waals surface area (Å²) in [5, 5.41) is 13.1. The number of sulfonamides is 1. The van der Waals surface area contributed by atoms with Gasteiger partial charge >= 0.3 is 5.97 Å². The molecule has 2 aliphatic rings. The lowest BCUT2D eigenvalue weighted by Crippen LogP contribution is -2.42. The summed E-state index contributed by atoms with van der Waals surface area (Å²) < 4.78 is 33.6. The first-order valence-electron chi connectivity index (χ1n) is 6.91. The lowest BCUT2D eigenvalue weighted by molar-refractivity contribution is -0.142. The Hall–Kier alpha value is -1.61. The Morgan fingerprint density at radius 2 is 2.19 bits per heavy atom. The molecule has 116 valence electrons. The Morgan fingerprint density at radius 3 is 2.95 bits per heavy atom. The van der Waals surface area contributed by atoms with Crippen molar-refractivity contribution in [1.29, 1.82) is 0 Å². The molecule has 2 aliphatic heterocycles. The van der Waals surface area contributed by atoms with Crippen molar-refractivity contribution in [3.05, 3.63) is 6.20 Å². The minimum atomic E-state index is -3.76. The molecular weight excluding hydrogens is 298 g/mol. The van der Waals surface area contributed by atoms with Crippen molar-refractivity contribution in [2.24, 2.45) is 5.92 Å². The van der Waals surface area contributed by atoms with Crippen LogP contribution in [0.3, 0.4) is 0 Å². The number of hydrogen-bond acceptors (Lipinski definition) is 5. The summed E-state index contributed by atoms with van der Waals surface area (Å²) in [6.45, 7) is 1.42. The predicted molar refractivity (Wildman–Crippen MR) is 71.5 cm³/mol. The molecule has 1 saturated heterocycles. The van der Waals surface area contributed by atoms with Crippen LogP contribution >= 0.6 is 0 Å². The summed E-state index contributed by atoms with van der Waals surface area (Å²) in [6.07, 6.45) is 3.13. The second kappa shape index (κ2) is 5.30. The molecule has 1 fully saturated rings. The average Bonchev–Trinajstić information content (AvgIpc) is 2.92. The molecular formula is C12H17N3O5S. The van der Waals surface area contributed by atoms with E-state index >= 15 is 0 Å². The van der Waals surface area contributed by atoms with Crippen molar-refractivity contribution in [3.8, 4) is 5.88 Å². The number of carbonyl (C=O) groups is 1. The maximum Gasteiger partial charge on any atom is 0.307 e. The molecule has 1 aromatic heterocycles. The van der Waals surface area contributed by atoms with Gasteiger partial charge in [-0.3, -0.25) is 4.79 Å². The van der Waals surface area contributed by atoms with Crippen LogP contribution in [0.25, 0.3) is 0 Å². The van der Waals surface area contributed by atoms with E-state index < -0.39 is 21.9 Å². The fraction of sp³-hybridized carbons (Fsp3) is 0.667. The van der Waals surface area contributed by atoms with E-state index in [4.69, 9.17) is 9.84 Å². The third kappa shape index (κ3) is 2.51. The summed E-state index contributed by atoms with van der Waals surface area (Å²) in [6, 6.07) is 0. The topological polar surface area (TPSA) is 102 Å². The van der Waals surface area contributed by atoms with Crippen LogP contribution in [0.5, 0.6) is 5.88 Å². The van der Waals surface area contributed by atoms with Gasteiger partial charge in [-0.25, -0.2) is 13.1 Å². The summed E-state index contributed by atoms with van der Waals surface area (Å²) in [4.78, 5) is 11.1. The normalized spacial score (nSPS) is 23.3. The highest BCUT2D eigenvalue weighted by molar-refractivity contribution is 7.89. The highest BCUT2D eigenvalue weighted by atomic mass is 32.2. The van der Waals surface area contributed by atoms with Gasteiger partial charge in [0.1, 0.15) is 0 Å². The van der Waals surface area contributed by atoms with Crippen LogP contribution < -0.4 is 4.74 Å². The van der Waals surface area contributed by atoms with Gasteiger partial charge in [0.15, 0.2) is 4.90 Å². The molecule has 0 bridgehead atoms. The van der Waals surface area contributed by atoms with Gasteiger partial charge in [-0.05, 0) is 12.8 Å². The van der Waals surface area contributed by atoms with E-state index in [0.717, 1.165) is 6.42 Å². The van der Waals surface area contributed by atoms with Crippen LogP contribution in [0.4, 0.5) is 0 Å². The molecule has 1 atom stereocenters. The summed E-state index contributed by atoms with van der Waals surface area (Å²) >= 11 is 0. The summed E-state index contributed by atoms with van der Waals surface area (Å²) in [7, 11) is -3.76. The monoisotopic (exact) mass is 315 g/mol. The van der Waals surface area contributed by atoms with E-state index in [-0.39, 0.29) is 17.3 Å². The van der Waals surface area contributed by atoms with Crippen LogP contribution in [-0.2, 0) is 21.4 Å². The number of carboxylic acid groups (broad SMARTS) is 1. The minimum Gasteiger partial charge on any atom is -0.481 e. The van der Waals surface area contributed by atoms with Gasteiger partial charge in [-0.15, -0.1) is 0 Å². The Morgan fingerprint density at radius 1 is 1.38 bits per heavy atom. The second-order valence-electron chi connectivity index (χ2n) is 5.28. The molecule has 0 spiro atoms. The number of hydrogen-bond donors (Lipinski definition) is 1. The van der Waals surface area contributed by atoms with Gasteiger partial charge in [0, 0.05) is 26.1 Å². The first-order valence-corrected chi connectivity index (χ1v) is 8.35. The van der Waals surface area contributed by atoms with Gasteiger partial charge in [0.05, 0.1) is 18.7 Å². The van der Waals surface area contributed by atoms with Crippen LogP contribution in [-0.4, -0.2) is 53.3 Å². The molecule has 0 aliphatic carbocycles. The molecule has 21 heavy (non-hydrogen) atoms.